The Labute approximate surface area is 304 Å². The summed E-state index contributed by atoms with van der Waals surface area (Å²) in [5.41, 5.74) is 3.36. The Balaban J connectivity index is 1.10. The summed E-state index contributed by atoms with van der Waals surface area (Å²) in [6.45, 7) is 18.9. The van der Waals surface area contributed by atoms with Gasteiger partial charge in [-0.2, -0.15) is 0 Å². The first-order valence-corrected chi connectivity index (χ1v) is 17.9. The maximum atomic E-state index is 10.9. The van der Waals surface area contributed by atoms with Crippen LogP contribution in [0.5, 0.6) is 23.0 Å². The molecule has 1 aliphatic heterocycles. The number of aliphatic hydroxyl groups is 1. The fraction of sp³-hybridized carbons (Fsp3) is 0.455. The maximum Gasteiger partial charge on any atom is 0.132 e. The lowest BCUT2D eigenvalue weighted by molar-refractivity contribution is 0.0175. The molecule has 7 nitrogen and oxygen atoms in total. The van der Waals surface area contributed by atoms with Crippen molar-refractivity contribution in [1.29, 1.82) is 0 Å². The number of methoxy groups -OCH3 is 1. The second kappa shape index (κ2) is 15.7. The van der Waals surface area contributed by atoms with Crippen molar-refractivity contribution in [2.24, 2.45) is 0 Å². The van der Waals surface area contributed by atoms with Crippen molar-refractivity contribution in [3.05, 3.63) is 119 Å². The molecule has 0 amide bonds. The van der Waals surface area contributed by atoms with Gasteiger partial charge in [0, 0.05) is 24.4 Å². The lowest BCUT2D eigenvalue weighted by Gasteiger charge is -2.30. The van der Waals surface area contributed by atoms with Gasteiger partial charge >= 0.3 is 0 Å². The molecular formula is C44H56O7. The molecule has 0 saturated carbocycles. The Kier molecular flexibility index (Phi) is 11.7. The number of benzene rings is 4. The number of hydrogen-bond acceptors (Lipinski definition) is 7. The Hall–Kier alpha value is -4.04. The highest BCUT2D eigenvalue weighted by molar-refractivity contribution is 5.43. The van der Waals surface area contributed by atoms with E-state index in [-0.39, 0.29) is 29.1 Å². The first kappa shape index (κ1) is 38.2. The monoisotopic (exact) mass is 696 g/mol. The minimum absolute atomic E-state index is 0.154. The standard InChI is InChI=1S/C44H56O7/c1-41(2,50-38-22-14-33(15-23-38)42(3,4)31-10-18-36(19-11-31)47-27-26-46-9)28-35(45)29-48-37-20-12-32(13-21-37)43(5,6)34-16-24-39(25-17-34)51-44(7,8)40-30-49-40/h10-25,35,40,45H,26-30H2,1-9H3. The van der Waals surface area contributed by atoms with E-state index >= 15 is 0 Å². The van der Waals surface area contributed by atoms with Crippen LogP contribution in [-0.2, 0) is 20.3 Å². The lowest BCUT2D eigenvalue weighted by atomic mass is 9.78. The van der Waals surface area contributed by atoms with E-state index in [0.717, 1.165) is 23.9 Å². The summed E-state index contributed by atoms with van der Waals surface area (Å²) in [6, 6.07) is 32.9. The molecule has 1 saturated heterocycles. The summed E-state index contributed by atoms with van der Waals surface area (Å²) < 4.78 is 34.8. The molecule has 1 aliphatic rings. The van der Waals surface area contributed by atoms with Crippen LogP contribution < -0.4 is 18.9 Å². The summed E-state index contributed by atoms with van der Waals surface area (Å²) in [5.74, 6) is 3.14. The van der Waals surface area contributed by atoms with Gasteiger partial charge in [-0.1, -0.05) is 76.2 Å². The van der Waals surface area contributed by atoms with Crippen molar-refractivity contribution >= 4 is 0 Å². The molecule has 2 unspecified atom stereocenters. The summed E-state index contributed by atoms with van der Waals surface area (Å²) in [7, 11) is 1.67. The molecule has 5 rings (SSSR count). The topological polar surface area (TPSA) is 78.9 Å². The molecule has 0 aromatic heterocycles. The van der Waals surface area contributed by atoms with Crippen LogP contribution in [0.15, 0.2) is 97.1 Å². The molecule has 51 heavy (non-hydrogen) atoms. The van der Waals surface area contributed by atoms with Crippen LogP contribution in [0, 0.1) is 0 Å². The number of rotatable bonds is 18. The molecule has 1 N–H and O–H groups in total. The third kappa shape index (κ3) is 10.1. The van der Waals surface area contributed by atoms with E-state index < -0.39 is 11.7 Å². The number of aliphatic hydroxyl groups excluding tert-OH is 1. The Bertz CT molecular complexity index is 1670. The van der Waals surface area contributed by atoms with Crippen molar-refractivity contribution in [3.63, 3.8) is 0 Å². The van der Waals surface area contributed by atoms with Gasteiger partial charge in [0.25, 0.3) is 0 Å². The summed E-state index contributed by atoms with van der Waals surface area (Å²) in [4.78, 5) is 0. The van der Waals surface area contributed by atoms with Crippen LogP contribution in [0.2, 0.25) is 0 Å². The van der Waals surface area contributed by atoms with Crippen molar-refractivity contribution in [3.8, 4) is 23.0 Å². The second-order valence-corrected chi connectivity index (χ2v) is 15.7. The van der Waals surface area contributed by atoms with Gasteiger partial charge in [-0.15, -0.1) is 0 Å². The zero-order chi connectivity index (χ0) is 36.9. The zero-order valence-electron chi connectivity index (χ0n) is 31.8. The van der Waals surface area contributed by atoms with Crippen LogP contribution in [-0.4, -0.2) is 62.1 Å². The summed E-state index contributed by atoms with van der Waals surface area (Å²) in [5, 5.41) is 10.9. The summed E-state index contributed by atoms with van der Waals surface area (Å²) in [6.07, 6.45) is -0.136. The largest absolute Gasteiger partial charge is 0.491 e. The van der Waals surface area contributed by atoms with Crippen molar-refractivity contribution in [1.82, 2.24) is 0 Å². The smallest absolute Gasteiger partial charge is 0.132 e. The van der Waals surface area contributed by atoms with E-state index in [0.29, 0.717) is 25.4 Å². The van der Waals surface area contributed by atoms with Gasteiger partial charge in [-0.3, -0.25) is 0 Å². The average molecular weight is 697 g/mol. The summed E-state index contributed by atoms with van der Waals surface area (Å²) >= 11 is 0. The average Bonchev–Trinajstić information content (AvgIpc) is 3.95. The van der Waals surface area contributed by atoms with Crippen LogP contribution >= 0.6 is 0 Å². The van der Waals surface area contributed by atoms with Crippen LogP contribution in [0.25, 0.3) is 0 Å². The molecule has 0 aliphatic carbocycles. The molecule has 0 radical (unpaired) electrons. The maximum absolute atomic E-state index is 10.9. The van der Waals surface area contributed by atoms with Crippen LogP contribution in [0.4, 0.5) is 0 Å². The quantitative estimate of drug-likeness (QED) is 0.0823. The van der Waals surface area contributed by atoms with E-state index in [1.54, 1.807) is 7.11 Å². The van der Waals surface area contributed by atoms with Gasteiger partial charge in [-0.25, -0.2) is 0 Å². The first-order valence-electron chi connectivity index (χ1n) is 17.9. The van der Waals surface area contributed by atoms with E-state index in [1.807, 2.05) is 62.4 Å². The molecule has 4 aromatic carbocycles. The predicted molar refractivity (Wildman–Crippen MR) is 203 cm³/mol. The molecule has 274 valence electrons. The van der Waals surface area contributed by atoms with Gasteiger partial charge < -0.3 is 33.5 Å². The zero-order valence-corrected chi connectivity index (χ0v) is 31.8. The van der Waals surface area contributed by atoms with Gasteiger partial charge in [0.1, 0.15) is 53.5 Å². The lowest BCUT2D eigenvalue weighted by Crippen LogP contribution is -2.35. The number of ether oxygens (including phenoxy) is 6. The second-order valence-electron chi connectivity index (χ2n) is 15.7. The Morgan fingerprint density at radius 1 is 0.588 bits per heavy atom. The normalized spacial score (nSPS) is 15.6. The molecule has 1 fully saturated rings. The highest BCUT2D eigenvalue weighted by atomic mass is 16.6. The molecule has 0 spiro atoms. The molecule has 0 bridgehead atoms. The van der Waals surface area contributed by atoms with Gasteiger partial charge in [0.2, 0.25) is 0 Å². The molecule has 7 heteroatoms. The van der Waals surface area contributed by atoms with E-state index in [2.05, 4.69) is 90.1 Å². The highest BCUT2D eigenvalue weighted by Crippen LogP contribution is 2.36. The molecule has 4 aromatic rings. The fourth-order valence-electron chi connectivity index (χ4n) is 6.39. The Morgan fingerprint density at radius 2 is 0.980 bits per heavy atom. The van der Waals surface area contributed by atoms with E-state index in [4.69, 9.17) is 28.4 Å². The van der Waals surface area contributed by atoms with Crippen molar-refractivity contribution < 1.29 is 33.5 Å². The van der Waals surface area contributed by atoms with Crippen LogP contribution in [0.3, 0.4) is 0 Å². The third-order valence-electron chi connectivity index (χ3n) is 9.91. The third-order valence-corrected chi connectivity index (χ3v) is 9.91. The highest BCUT2D eigenvalue weighted by Gasteiger charge is 2.41. The number of epoxide rings is 1. The van der Waals surface area contributed by atoms with E-state index in [9.17, 15) is 5.11 Å². The SMILES string of the molecule is COCCOc1ccc(C(C)(C)c2ccc(OC(C)(C)CC(O)COc3ccc(C(C)(C)c4ccc(OC(C)(C)C5CO5)cc4)cc3)cc2)cc1. The molecule has 1 heterocycles. The minimum Gasteiger partial charge on any atom is -0.491 e. The minimum atomic E-state index is -0.701. The van der Waals surface area contributed by atoms with Crippen LogP contribution in [0.1, 0.15) is 84.1 Å². The van der Waals surface area contributed by atoms with Gasteiger partial charge in [-0.05, 0) is 98.5 Å². The fourth-order valence-corrected chi connectivity index (χ4v) is 6.39. The predicted octanol–water partition coefficient (Wildman–Crippen LogP) is 8.91. The van der Waals surface area contributed by atoms with Gasteiger partial charge in [0.05, 0.1) is 19.3 Å². The van der Waals surface area contributed by atoms with E-state index in [1.165, 1.54) is 22.3 Å². The number of hydrogen-bond donors (Lipinski definition) is 1. The molecule has 2 atom stereocenters. The van der Waals surface area contributed by atoms with Crippen molar-refractivity contribution in [2.45, 2.75) is 96.1 Å². The van der Waals surface area contributed by atoms with Gasteiger partial charge in [0.15, 0.2) is 0 Å². The Morgan fingerprint density at radius 3 is 1.39 bits per heavy atom. The molecular weight excluding hydrogens is 640 g/mol. The van der Waals surface area contributed by atoms with Crippen molar-refractivity contribution in [2.75, 3.05) is 33.5 Å². The first-order chi connectivity index (χ1) is 24.1.